The van der Waals surface area contributed by atoms with Gasteiger partial charge in [0.15, 0.2) is 18.6 Å². The van der Waals surface area contributed by atoms with E-state index < -0.39 is 54.5 Å². The Morgan fingerprint density at radius 2 is 1.83 bits per heavy atom. The lowest BCUT2D eigenvalue weighted by Crippen LogP contribution is -2.60. The van der Waals surface area contributed by atoms with Gasteiger partial charge in [-0.25, -0.2) is 9.59 Å². The summed E-state index contributed by atoms with van der Waals surface area (Å²) in [5, 5.41) is 39.0. The monoisotopic (exact) mass is 330 g/mol. The van der Waals surface area contributed by atoms with E-state index in [1.165, 1.54) is 0 Å². The Morgan fingerprint density at radius 1 is 1.17 bits per heavy atom. The van der Waals surface area contributed by atoms with Gasteiger partial charge in [0.05, 0.1) is 5.69 Å². The van der Waals surface area contributed by atoms with Crippen LogP contribution in [0.15, 0.2) is 11.0 Å². The maximum Gasteiger partial charge on any atom is 0.335 e. The van der Waals surface area contributed by atoms with Gasteiger partial charge in [-0.2, -0.15) is 0 Å². The first-order valence-electron chi connectivity index (χ1n) is 6.69. The van der Waals surface area contributed by atoms with Gasteiger partial charge in [-0.15, -0.1) is 0 Å². The smallest absolute Gasteiger partial charge is 0.335 e. The predicted molar refractivity (Wildman–Crippen MR) is 68.7 cm³/mol. The highest BCUT2D eigenvalue weighted by Crippen LogP contribution is 2.37. The highest BCUT2D eigenvalue weighted by molar-refractivity contribution is 5.73. The van der Waals surface area contributed by atoms with Crippen LogP contribution < -0.4 is 5.69 Å². The summed E-state index contributed by atoms with van der Waals surface area (Å²) in [7, 11) is 0. The molecule has 2 aliphatic rings. The van der Waals surface area contributed by atoms with Crippen molar-refractivity contribution < 1.29 is 39.5 Å². The molecule has 23 heavy (non-hydrogen) atoms. The van der Waals surface area contributed by atoms with Crippen LogP contribution in [-0.2, 0) is 14.3 Å². The molecule has 0 radical (unpaired) electrons. The van der Waals surface area contributed by atoms with Crippen molar-refractivity contribution in [3.05, 3.63) is 22.4 Å². The van der Waals surface area contributed by atoms with Gasteiger partial charge in [0, 0.05) is 6.20 Å². The molecular weight excluding hydrogens is 316 g/mol. The highest BCUT2D eigenvalue weighted by atomic mass is 16.6. The van der Waals surface area contributed by atoms with Gasteiger partial charge >= 0.3 is 11.7 Å². The number of aliphatic carboxylic acids is 1. The number of nitrogens with one attached hydrogen (secondary N) is 1. The first-order chi connectivity index (χ1) is 10.8. The van der Waals surface area contributed by atoms with Crippen LogP contribution in [0.3, 0.4) is 0 Å². The molecule has 3 heterocycles. The number of carboxylic acids is 1. The number of hydrogen-bond acceptors (Lipinski definition) is 8. The number of aliphatic hydroxyl groups is 3. The second kappa shape index (κ2) is 5.54. The van der Waals surface area contributed by atoms with Gasteiger partial charge in [-0.05, 0) is 0 Å². The molecule has 0 unspecified atom stereocenters. The lowest BCUT2D eigenvalue weighted by Gasteiger charge is -2.37. The molecular formula is C12H14N2O9. The third-order valence-electron chi connectivity index (χ3n) is 3.96. The summed E-state index contributed by atoms with van der Waals surface area (Å²) in [6.45, 7) is 0. The Morgan fingerprint density at radius 3 is 2.39 bits per heavy atom. The molecule has 1 aromatic heterocycles. The minimum absolute atomic E-state index is 0.0504. The maximum absolute atomic E-state index is 11.8. The van der Waals surface area contributed by atoms with Gasteiger partial charge in [0.2, 0.25) is 0 Å². The van der Waals surface area contributed by atoms with E-state index in [0.717, 1.165) is 10.8 Å². The molecule has 0 spiro atoms. The summed E-state index contributed by atoms with van der Waals surface area (Å²) in [5.41, 5.74) is -0.787. The molecule has 7 atom stereocenters. The number of nitrogens with zero attached hydrogens (tertiary/aromatic N) is 1. The Kier molecular flexibility index (Phi) is 3.82. The number of ether oxygens (including phenoxy) is 2. The van der Waals surface area contributed by atoms with Crippen molar-refractivity contribution in [2.24, 2.45) is 0 Å². The van der Waals surface area contributed by atoms with E-state index in [1.54, 1.807) is 0 Å². The Balaban J connectivity index is 1.91. The highest BCUT2D eigenvalue weighted by Gasteiger charge is 2.57. The molecule has 5 N–H and O–H groups in total. The molecule has 0 aliphatic carbocycles. The number of aliphatic hydroxyl groups excluding tert-OH is 3. The summed E-state index contributed by atoms with van der Waals surface area (Å²) in [6, 6.07) is 0. The van der Waals surface area contributed by atoms with Crippen molar-refractivity contribution in [2.75, 3.05) is 0 Å². The van der Waals surface area contributed by atoms with Gasteiger partial charge in [-0.1, -0.05) is 0 Å². The molecule has 2 fully saturated rings. The van der Waals surface area contributed by atoms with Crippen LogP contribution in [0.5, 0.6) is 0 Å². The van der Waals surface area contributed by atoms with E-state index in [-0.39, 0.29) is 5.69 Å². The fourth-order valence-corrected chi connectivity index (χ4v) is 2.84. The van der Waals surface area contributed by atoms with E-state index in [4.69, 9.17) is 14.6 Å². The van der Waals surface area contributed by atoms with Crippen LogP contribution in [-0.4, -0.2) is 78.9 Å². The first kappa shape index (κ1) is 15.8. The minimum atomic E-state index is -1.76. The SMILES string of the molecule is O=Cc1cn([C@@H]2O[C@@H]3[C@H](O)[C@H](O)[C@@H](C(=O)O)O[C@H]3[C@H]2O)c(=O)[nH]1. The van der Waals surface area contributed by atoms with E-state index in [0.29, 0.717) is 6.29 Å². The Hall–Kier alpha value is -2.05. The summed E-state index contributed by atoms with van der Waals surface area (Å²) in [5.74, 6) is -1.51. The topological polar surface area (TPSA) is 171 Å². The van der Waals surface area contributed by atoms with Crippen LogP contribution in [0, 0.1) is 0 Å². The van der Waals surface area contributed by atoms with E-state index in [9.17, 15) is 29.7 Å². The lowest BCUT2D eigenvalue weighted by atomic mass is 9.94. The number of aromatic nitrogens is 2. The second-order valence-electron chi connectivity index (χ2n) is 5.36. The number of imidazole rings is 1. The van der Waals surface area contributed by atoms with Crippen molar-refractivity contribution in [3.63, 3.8) is 0 Å². The predicted octanol–water partition coefficient (Wildman–Crippen LogP) is -3.18. The zero-order chi connectivity index (χ0) is 16.9. The molecule has 3 rings (SSSR count). The number of rotatable bonds is 3. The summed E-state index contributed by atoms with van der Waals surface area (Å²) in [6.07, 6.45) is -8.92. The molecule has 0 bridgehead atoms. The largest absolute Gasteiger partial charge is 0.479 e. The molecule has 11 nitrogen and oxygen atoms in total. The van der Waals surface area contributed by atoms with E-state index in [2.05, 4.69) is 4.98 Å². The third kappa shape index (κ3) is 2.38. The first-order valence-corrected chi connectivity index (χ1v) is 6.69. The fourth-order valence-electron chi connectivity index (χ4n) is 2.84. The standard InChI is InChI=1S/C12H14N2O9/c15-2-3-1-14(12(21)13-3)10-6(18)8-7(23-10)4(16)5(17)9(22-8)11(19)20/h1-2,4-10,16-18H,(H,13,21)(H,19,20)/t4-,5+,6-,7-,8+,9+,10-/m1/s1. The molecule has 2 aliphatic heterocycles. The van der Waals surface area contributed by atoms with Crippen LogP contribution in [0.2, 0.25) is 0 Å². The van der Waals surface area contributed by atoms with E-state index >= 15 is 0 Å². The average molecular weight is 330 g/mol. The zero-order valence-electron chi connectivity index (χ0n) is 11.5. The normalized spacial score (nSPS) is 39.9. The second-order valence-corrected chi connectivity index (χ2v) is 5.36. The van der Waals surface area contributed by atoms with E-state index in [1.807, 2.05) is 0 Å². The fraction of sp³-hybridized carbons (Fsp3) is 0.583. The van der Waals surface area contributed by atoms with Crippen molar-refractivity contribution in [2.45, 2.75) is 42.9 Å². The molecule has 0 amide bonds. The summed E-state index contributed by atoms with van der Waals surface area (Å²) in [4.78, 5) is 35.7. The van der Waals surface area contributed by atoms with Crippen LogP contribution >= 0.6 is 0 Å². The molecule has 11 heteroatoms. The third-order valence-corrected chi connectivity index (χ3v) is 3.96. The molecule has 0 aromatic carbocycles. The number of hydrogen-bond donors (Lipinski definition) is 5. The van der Waals surface area contributed by atoms with Crippen LogP contribution in [0.4, 0.5) is 0 Å². The molecule has 126 valence electrons. The number of carboxylic acid groups (broad SMARTS) is 1. The number of aromatic amines is 1. The average Bonchev–Trinajstić information content (AvgIpc) is 3.03. The van der Waals surface area contributed by atoms with Gasteiger partial charge in [-0.3, -0.25) is 9.36 Å². The van der Waals surface area contributed by atoms with Gasteiger partial charge in [0.25, 0.3) is 0 Å². The Labute approximate surface area is 127 Å². The number of fused-ring (bicyclic) bond motifs is 1. The van der Waals surface area contributed by atoms with Gasteiger partial charge in [0.1, 0.15) is 30.5 Å². The maximum atomic E-state index is 11.8. The number of H-pyrrole nitrogens is 1. The van der Waals surface area contributed by atoms with Crippen LogP contribution in [0.25, 0.3) is 0 Å². The molecule has 2 saturated heterocycles. The Bertz CT molecular complexity index is 682. The zero-order valence-corrected chi connectivity index (χ0v) is 11.5. The van der Waals surface area contributed by atoms with Crippen LogP contribution in [0.1, 0.15) is 16.7 Å². The van der Waals surface area contributed by atoms with Crippen molar-refractivity contribution in [1.29, 1.82) is 0 Å². The summed E-state index contributed by atoms with van der Waals surface area (Å²) < 4.78 is 11.4. The number of carbonyl (C=O) groups excluding carboxylic acids is 1. The number of carbonyl (C=O) groups is 2. The van der Waals surface area contributed by atoms with Crippen molar-refractivity contribution in [3.8, 4) is 0 Å². The number of aldehydes is 1. The molecule has 1 aromatic rings. The molecule has 0 saturated carbocycles. The summed E-state index contributed by atoms with van der Waals surface area (Å²) >= 11 is 0. The quantitative estimate of drug-likeness (QED) is 0.358. The van der Waals surface area contributed by atoms with Crippen molar-refractivity contribution >= 4 is 12.3 Å². The minimum Gasteiger partial charge on any atom is -0.479 e. The van der Waals surface area contributed by atoms with Gasteiger partial charge < -0.3 is 34.9 Å². The van der Waals surface area contributed by atoms with Crippen molar-refractivity contribution in [1.82, 2.24) is 9.55 Å². The lowest BCUT2D eigenvalue weighted by molar-refractivity contribution is -0.224.